The van der Waals surface area contributed by atoms with E-state index < -0.39 is 0 Å². The SMILES string of the molecule is CC.O=Cc1c(Cl)ncnc1Nc1ccc(Oc2ccccc2)cc1. The van der Waals surface area contributed by atoms with Crippen LogP contribution in [0.4, 0.5) is 11.5 Å². The lowest BCUT2D eigenvalue weighted by atomic mass is 10.2. The van der Waals surface area contributed by atoms with Gasteiger partial charge in [-0.3, -0.25) is 4.79 Å². The molecule has 0 saturated carbocycles. The van der Waals surface area contributed by atoms with Gasteiger partial charge in [0.15, 0.2) is 6.29 Å². The molecule has 0 unspecified atom stereocenters. The zero-order chi connectivity index (χ0) is 18.1. The third-order valence-electron chi connectivity index (χ3n) is 3.05. The van der Waals surface area contributed by atoms with E-state index in [0.29, 0.717) is 17.9 Å². The monoisotopic (exact) mass is 355 g/mol. The molecule has 25 heavy (non-hydrogen) atoms. The molecule has 0 aliphatic carbocycles. The van der Waals surface area contributed by atoms with Gasteiger partial charge < -0.3 is 10.1 Å². The molecule has 1 heterocycles. The van der Waals surface area contributed by atoms with Gasteiger partial charge in [0.2, 0.25) is 0 Å². The number of aldehydes is 1. The Hall–Kier alpha value is -2.92. The zero-order valence-corrected chi connectivity index (χ0v) is 14.7. The third-order valence-corrected chi connectivity index (χ3v) is 3.35. The van der Waals surface area contributed by atoms with Crippen LogP contribution in [0.1, 0.15) is 24.2 Å². The van der Waals surface area contributed by atoms with Gasteiger partial charge in [0.1, 0.15) is 28.8 Å². The van der Waals surface area contributed by atoms with Crippen molar-refractivity contribution in [2.24, 2.45) is 0 Å². The first kappa shape index (κ1) is 18.4. The number of para-hydroxylation sites is 1. The summed E-state index contributed by atoms with van der Waals surface area (Å²) in [5.41, 5.74) is 0.974. The summed E-state index contributed by atoms with van der Waals surface area (Å²) < 4.78 is 5.72. The minimum atomic E-state index is 0.113. The normalized spacial score (nSPS) is 9.56. The number of anilines is 2. The van der Waals surface area contributed by atoms with Crippen LogP contribution in [0.5, 0.6) is 11.5 Å². The Bertz CT molecular complexity index is 809. The highest BCUT2D eigenvalue weighted by Gasteiger charge is 2.09. The lowest BCUT2D eigenvalue weighted by Crippen LogP contribution is -2.00. The van der Waals surface area contributed by atoms with E-state index in [2.05, 4.69) is 15.3 Å². The first-order valence-corrected chi connectivity index (χ1v) is 8.20. The zero-order valence-electron chi connectivity index (χ0n) is 13.9. The van der Waals surface area contributed by atoms with Crippen molar-refractivity contribution < 1.29 is 9.53 Å². The number of rotatable bonds is 5. The van der Waals surface area contributed by atoms with E-state index >= 15 is 0 Å². The fourth-order valence-electron chi connectivity index (χ4n) is 1.95. The van der Waals surface area contributed by atoms with Crippen molar-refractivity contribution in [1.82, 2.24) is 9.97 Å². The molecule has 1 aromatic heterocycles. The molecule has 0 bridgehead atoms. The van der Waals surface area contributed by atoms with Crippen LogP contribution in [0.15, 0.2) is 60.9 Å². The molecule has 0 aliphatic rings. The average Bonchev–Trinajstić information content (AvgIpc) is 2.66. The van der Waals surface area contributed by atoms with Gasteiger partial charge in [-0.25, -0.2) is 9.97 Å². The second-order valence-corrected chi connectivity index (χ2v) is 4.97. The fourth-order valence-corrected chi connectivity index (χ4v) is 2.12. The van der Waals surface area contributed by atoms with Gasteiger partial charge in [-0.1, -0.05) is 43.6 Å². The van der Waals surface area contributed by atoms with Crippen LogP contribution in [0.25, 0.3) is 0 Å². The molecule has 3 aromatic rings. The number of carbonyl (C=O) groups excluding carboxylic acids is 1. The highest BCUT2D eigenvalue weighted by atomic mass is 35.5. The van der Waals surface area contributed by atoms with E-state index in [1.807, 2.05) is 68.4 Å². The molecule has 6 heteroatoms. The van der Waals surface area contributed by atoms with Crippen LogP contribution < -0.4 is 10.1 Å². The quantitative estimate of drug-likeness (QED) is 0.483. The number of benzene rings is 2. The van der Waals surface area contributed by atoms with Crippen LogP contribution in [-0.4, -0.2) is 16.3 Å². The number of carbonyl (C=O) groups is 1. The number of halogens is 1. The van der Waals surface area contributed by atoms with Crippen molar-refractivity contribution in [1.29, 1.82) is 0 Å². The predicted octanol–water partition coefficient (Wildman–Crippen LogP) is 5.50. The summed E-state index contributed by atoms with van der Waals surface area (Å²) >= 11 is 5.87. The molecule has 0 aliphatic heterocycles. The summed E-state index contributed by atoms with van der Waals surface area (Å²) in [5, 5.41) is 3.15. The maximum Gasteiger partial charge on any atom is 0.156 e. The Balaban J connectivity index is 0.00000109. The second kappa shape index (κ2) is 9.39. The first-order valence-electron chi connectivity index (χ1n) is 7.82. The van der Waals surface area contributed by atoms with Gasteiger partial charge >= 0.3 is 0 Å². The summed E-state index contributed by atoms with van der Waals surface area (Å²) in [6, 6.07) is 16.8. The van der Waals surface area contributed by atoms with E-state index in [9.17, 15) is 4.79 Å². The van der Waals surface area contributed by atoms with Crippen molar-refractivity contribution >= 4 is 29.4 Å². The van der Waals surface area contributed by atoms with Gasteiger partial charge in [-0.2, -0.15) is 0 Å². The van der Waals surface area contributed by atoms with E-state index in [4.69, 9.17) is 16.3 Å². The smallest absolute Gasteiger partial charge is 0.156 e. The Kier molecular flexibility index (Phi) is 6.92. The minimum Gasteiger partial charge on any atom is -0.457 e. The van der Waals surface area contributed by atoms with Gasteiger partial charge in [0.05, 0.1) is 5.56 Å². The number of ether oxygens (including phenoxy) is 1. The lowest BCUT2D eigenvalue weighted by Gasteiger charge is -2.09. The molecule has 5 nitrogen and oxygen atoms in total. The molecule has 0 fully saturated rings. The van der Waals surface area contributed by atoms with Gasteiger partial charge in [-0.15, -0.1) is 0 Å². The Morgan fingerprint density at radius 2 is 1.60 bits per heavy atom. The van der Waals surface area contributed by atoms with Crippen molar-refractivity contribution in [2.45, 2.75) is 13.8 Å². The van der Waals surface area contributed by atoms with Gasteiger partial charge in [-0.05, 0) is 36.4 Å². The molecular weight excluding hydrogens is 338 g/mol. The summed E-state index contributed by atoms with van der Waals surface area (Å²) in [7, 11) is 0. The predicted molar refractivity (Wildman–Crippen MR) is 100 cm³/mol. The summed E-state index contributed by atoms with van der Waals surface area (Å²) in [6.45, 7) is 4.00. The second-order valence-electron chi connectivity index (χ2n) is 4.61. The highest BCUT2D eigenvalue weighted by molar-refractivity contribution is 6.32. The largest absolute Gasteiger partial charge is 0.457 e. The first-order chi connectivity index (χ1) is 12.3. The van der Waals surface area contributed by atoms with Crippen molar-refractivity contribution in [2.75, 3.05) is 5.32 Å². The van der Waals surface area contributed by atoms with E-state index in [1.165, 1.54) is 6.33 Å². The van der Waals surface area contributed by atoms with E-state index in [0.717, 1.165) is 11.4 Å². The topological polar surface area (TPSA) is 64.1 Å². The number of hydrogen-bond donors (Lipinski definition) is 1. The van der Waals surface area contributed by atoms with Crippen LogP contribution in [-0.2, 0) is 0 Å². The molecule has 0 amide bonds. The number of aromatic nitrogens is 2. The average molecular weight is 356 g/mol. The lowest BCUT2D eigenvalue weighted by molar-refractivity contribution is 0.112. The molecule has 1 N–H and O–H groups in total. The Labute approximate surface area is 151 Å². The molecule has 0 saturated heterocycles. The van der Waals surface area contributed by atoms with Crippen molar-refractivity contribution in [3.05, 3.63) is 71.6 Å². The van der Waals surface area contributed by atoms with Crippen LogP contribution in [0.3, 0.4) is 0 Å². The summed E-state index contributed by atoms with van der Waals surface area (Å²) in [5.74, 6) is 1.83. The standard InChI is InChI=1S/C17H12ClN3O2.C2H6/c18-16-15(10-22)17(20-11-19-16)21-12-6-8-14(9-7-12)23-13-4-2-1-3-5-13;1-2/h1-11H,(H,19,20,21);1-2H3. The number of hydrogen-bond acceptors (Lipinski definition) is 5. The van der Waals surface area contributed by atoms with Crippen LogP contribution in [0, 0.1) is 0 Å². The highest BCUT2D eigenvalue weighted by Crippen LogP contribution is 2.25. The molecule has 0 radical (unpaired) electrons. The van der Waals surface area contributed by atoms with Gasteiger partial charge in [0.25, 0.3) is 0 Å². The van der Waals surface area contributed by atoms with Gasteiger partial charge in [0, 0.05) is 5.69 Å². The molecule has 0 spiro atoms. The third kappa shape index (κ3) is 5.02. The Morgan fingerprint density at radius 3 is 2.24 bits per heavy atom. The maximum atomic E-state index is 11.1. The Morgan fingerprint density at radius 1 is 0.960 bits per heavy atom. The molecule has 0 atom stereocenters. The maximum absolute atomic E-state index is 11.1. The fraction of sp³-hybridized carbons (Fsp3) is 0.105. The van der Waals surface area contributed by atoms with Crippen molar-refractivity contribution in [3.8, 4) is 11.5 Å². The number of nitrogens with one attached hydrogen (secondary N) is 1. The summed E-state index contributed by atoms with van der Waals surface area (Å²) in [4.78, 5) is 18.9. The minimum absolute atomic E-state index is 0.113. The van der Waals surface area contributed by atoms with Crippen molar-refractivity contribution in [3.63, 3.8) is 0 Å². The molecule has 3 rings (SSSR count). The van der Waals surface area contributed by atoms with E-state index in [1.54, 1.807) is 0 Å². The van der Waals surface area contributed by atoms with Crippen LogP contribution >= 0.6 is 11.6 Å². The molecule has 2 aromatic carbocycles. The summed E-state index contributed by atoms with van der Waals surface area (Å²) in [6.07, 6.45) is 1.92. The number of nitrogens with zero attached hydrogens (tertiary/aromatic N) is 2. The molecule has 128 valence electrons. The van der Waals surface area contributed by atoms with Crippen LogP contribution in [0.2, 0.25) is 5.15 Å². The van der Waals surface area contributed by atoms with E-state index in [-0.39, 0.29) is 10.7 Å². The molecular formula is C19H18ClN3O2.